The Kier molecular flexibility index (Phi) is 6.64. The maximum Gasteiger partial charge on any atom is 0.342 e. The molecule has 0 saturated carbocycles. The Morgan fingerprint density at radius 3 is 2.03 bits per heavy atom. The van der Waals surface area contributed by atoms with Gasteiger partial charge in [-0.3, -0.25) is 0 Å². The molecule has 0 aliphatic carbocycles. The summed E-state index contributed by atoms with van der Waals surface area (Å²) in [7, 11) is 3.97. The molecule has 33 heavy (non-hydrogen) atoms. The van der Waals surface area contributed by atoms with Crippen molar-refractivity contribution in [2.45, 2.75) is 6.92 Å². The zero-order chi connectivity index (χ0) is 23.2. The molecule has 6 heteroatoms. The third kappa shape index (κ3) is 4.85. The first-order valence-electron chi connectivity index (χ1n) is 10.8. The van der Waals surface area contributed by atoms with Crippen LogP contribution in [0.4, 0.5) is 17.2 Å². The molecular weight excluding hydrogens is 412 g/mol. The Bertz CT molecular complexity index is 1220. The van der Waals surface area contributed by atoms with E-state index in [2.05, 4.69) is 15.5 Å². The van der Waals surface area contributed by atoms with E-state index in [1.807, 2.05) is 104 Å². The van der Waals surface area contributed by atoms with Crippen LogP contribution >= 0.6 is 0 Å². The van der Waals surface area contributed by atoms with Gasteiger partial charge in [0.1, 0.15) is 11.3 Å². The largest absolute Gasteiger partial charge is 0.462 e. The van der Waals surface area contributed by atoms with Crippen molar-refractivity contribution < 1.29 is 9.53 Å². The summed E-state index contributed by atoms with van der Waals surface area (Å²) >= 11 is 0. The van der Waals surface area contributed by atoms with Gasteiger partial charge in [0.15, 0.2) is 5.82 Å². The Balaban J connectivity index is 1.91. The van der Waals surface area contributed by atoms with E-state index in [1.54, 1.807) is 6.92 Å². The molecule has 0 saturated heterocycles. The molecule has 0 unspecified atom stereocenters. The van der Waals surface area contributed by atoms with E-state index in [0.717, 1.165) is 22.5 Å². The number of rotatable bonds is 7. The maximum atomic E-state index is 13.2. The van der Waals surface area contributed by atoms with Gasteiger partial charge >= 0.3 is 5.97 Å². The summed E-state index contributed by atoms with van der Waals surface area (Å²) in [4.78, 5) is 15.3. The molecule has 0 amide bonds. The minimum atomic E-state index is -0.448. The van der Waals surface area contributed by atoms with Gasteiger partial charge in [0, 0.05) is 36.6 Å². The van der Waals surface area contributed by atoms with Gasteiger partial charge in [-0.05, 0) is 36.8 Å². The van der Waals surface area contributed by atoms with E-state index in [1.165, 1.54) is 0 Å². The summed E-state index contributed by atoms with van der Waals surface area (Å²) in [6.07, 6.45) is 0. The summed E-state index contributed by atoms with van der Waals surface area (Å²) in [6, 6.07) is 27.3. The van der Waals surface area contributed by atoms with Crippen LogP contribution < -0.4 is 10.2 Å². The highest BCUT2D eigenvalue weighted by Gasteiger charge is 2.25. The zero-order valence-corrected chi connectivity index (χ0v) is 18.9. The van der Waals surface area contributed by atoms with Crippen molar-refractivity contribution in [2.24, 2.45) is 0 Å². The highest BCUT2D eigenvalue weighted by atomic mass is 16.5. The first-order valence-corrected chi connectivity index (χ1v) is 10.8. The first kappa shape index (κ1) is 22.0. The molecule has 6 nitrogen and oxygen atoms in total. The van der Waals surface area contributed by atoms with Crippen LogP contribution in [0.5, 0.6) is 0 Å². The number of nitrogens with zero attached hydrogens (tertiary/aromatic N) is 3. The van der Waals surface area contributed by atoms with Crippen molar-refractivity contribution >= 4 is 23.2 Å². The van der Waals surface area contributed by atoms with E-state index < -0.39 is 5.97 Å². The molecule has 0 fully saturated rings. The van der Waals surface area contributed by atoms with Crippen LogP contribution in [0.15, 0.2) is 84.9 Å². The SMILES string of the molecule is CCOC(=O)c1c(Nc2ccc(N(C)C)cc2)nnc(-c2ccccc2)c1-c1ccccc1. The lowest BCUT2D eigenvalue weighted by Gasteiger charge is -2.18. The second-order valence-corrected chi connectivity index (χ2v) is 7.67. The van der Waals surface area contributed by atoms with E-state index in [4.69, 9.17) is 4.74 Å². The molecule has 0 atom stereocenters. The monoisotopic (exact) mass is 438 g/mol. The average Bonchev–Trinajstić information content (AvgIpc) is 2.85. The Hall–Kier alpha value is -4.19. The van der Waals surface area contributed by atoms with Gasteiger partial charge in [-0.1, -0.05) is 60.7 Å². The third-order valence-electron chi connectivity index (χ3n) is 5.21. The van der Waals surface area contributed by atoms with Crippen molar-refractivity contribution in [1.29, 1.82) is 0 Å². The van der Waals surface area contributed by atoms with Crippen LogP contribution in [0.1, 0.15) is 17.3 Å². The Morgan fingerprint density at radius 2 is 1.45 bits per heavy atom. The number of benzene rings is 3. The highest BCUT2D eigenvalue weighted by molar-refractivity contribution is 6.05. The van der Waals surface area contributed by atoms with Crippen LogP contribution in [0.3, 0.4) is 0 Å². The topological polar surface area (TPSA) is 67.3 Å². The number of aromatic nitrogens is 2. The van der Waals surface area contributed by atoms with E-state index in [-0.39, 0.29) is 6.61 Å². The number of hydrogen-bond donors (Lipinski definition) is 1. The van der Waals surface area contributed by atoms with Crippen molar-refractivity contribution in [2.75, 3.05) is 30.9 Å². The quantitative estimate of drug-likeness (QED) is 0.368. The molecule has 1 N–H and O–H groups in total. The number of esters is 1. The molecule has 0 aliphatic heterocycles. The van der Waals surface area contributed by atoms with Gasteiger partial charge in [-0.25, -0.2) is 4.79 Å². The van der Waals surface area contributed by atoms with E-state index >= 15 is 0 Å². The van der Waals surface area contributed by atoms with E-state index in [9.17, 15) is 4.79 Å². The molecule has 166 valence electrons. The minimum absolute atomic E-state index is 0.257. The standard InChI is InChI=1S/C27H26N4O2/c1-4-33-27(32)24-23(19-11-7-5-8-12-19)25(20-13-9-6-10-14-20)29-30-26(24)28-21-15-17-22(18-16-21)31(2)3/h5-18H,4H2,1-3H3,(H,28,30). The fourth-order valence-corrected chi connectivity index (χ4v) is 3.59. The summed E-state index contributed by atoms with van der Waals surface area (Å²) in [5.74, 6) is -0.0968. The highest BCUT2D eigenvalue weighted by Crippen LogP contribution is 2.37. The molecule has 0 radical (unpaired) electrons. The minimum Gasteiger partial charge on any atom is -0.462 e. The number of hydrogen-bond acceptors (Lipinski definition) is 6. The first-order chi connectivity index (χ1) is 16.1. The zero-order valence-electron chi connectivity index (χ0n) is 18.9. The lowest BCUT2D eigenvalue weighted by molar-refractivity contribution is 0.0528. The predicted octanol–water partition coefficient (Wildman–Crippen LogP) is 5.80. The third-order valence-corrected chi connectivity index (χ3v) is 5.21. The van der Waals surface area contributed by atoms with Crippen LogP contribution in [-0.2, 0) is 4.74 Å². The van der Waals surface area contributed by atoms with Crippen molar-refractivity contribution in [3.63, 3.8) is 0 Å². The Morgan fingerprint density at radius 1 is 0.848 bits per heavy atom. The lowest BCUT2D eigenvalue weighted by Crippen LogP contribution is -2.14. The normalized spacial score (nSPS) is 10.5. The van der Waals surface area contributed by atoms with Crippen molar-refractivity contribution in [3.05, 3.63) is 90.5 Å². The van der Waals surface area contributed by atoms with Crippen LogP contribution in [-0.4, -0.2) is 36.9 Å². The van der Waals surface area contributed by atoms with Gasteiger partial charge in [0.05, 0.1) is 6.61 Å². The number of carbonyl (C=O) groups excluding carboxylic acids is 1. The lowest BCUT2D eigenvalue weighted by atomic mass is 9.95. The Labute approximate surface area is 193 Å². The van der Waals surface area contributed by atoms with Gasteiger partial charge in [-0.15, -0.1) is 10.2 Å². The fourth-order valence-electron chi connectivity index (χ4n) is 3.59. The molecule has 0 bridgehead atoms. The summed E-state index contributed by atoms with van der Waals surface area (Å²) in [6.45, 7) is 2.05. The van der Waals surface area contributed by atoms with Gasteiger partial charge in [0.2, 0.25) is 0 Å². The van der Waals surface area contributed by atoms with Gasteiger partial charge in [-0.2, -0.15) is 0 Å². The molecule has 1 aromatic heterocycles. The van der Waals surface area contributed by atoms with Gasteiger partial charge < -0.3 is 15.0 Å². The molecule has 4 aromatic rings. The van der Waals surface area contributed by atoms with Crippen LogP contribution in [0.25, 0.3) is 22.4 Å². The smallest absolute Gasteiger partial charge is 0.342 e. The number of anilines is 3. The second kappa shape index (κ2) is 9.96. The van der Waals surface area contributed by atoms with Gasteiger partial charge in [0.25, 0.3) is 0 Å². The second-order valence-electron chi connectivity index (χ2n) is 7.67. The molecule has 4 rings (SSSR count). The molecule has 3 aromatic carbocycles. The number of ether oxygens (including phenoxy) is 1. The van der Waals surface area contributed by atoms with Crippen LogP contribution in [0, 0.1) is 0 Å². The van der Waals surface area contributed by atoms with E-state index in [0.29, 0.717) is 22.6 Å². The molecule has 1 heterocycles. The summed E-state index contributed by atoms with van der Waals surface area (Å²) in [5.41, 5.74) is 5.26. The fraction of sp³-hybridized carbons (Fsp3) is 0.148. The molecular formula is C27H26N4O2. The summed E-state index contributed by atoms with van der Waals surface area (Å²) in [5, 5.41) is 12.2. The summed E-state index contributed by atoms with van der Waals surface area (Å²) < 4.78 is 5.46. The molecule has 0 spiro atoms. The van der Waals surface area contributed by atoms with Crippen molar-refractivity contribution in [1.82, 2.24) is 10.2 Å². The predicted molar refractivity (Wildman–Crippen MR) is 133 cm³/mol. The average molecular weight is 439 g/mol. The van der Waals surface area contributed by atoms with Crippen molar-refractivity contribution in [3.8, 4) is 22.4 Å². The number of carbonyl (C=O) groups is 1. The number of nitrogens with one attached hydrogen (secondary N) is 1. The van der Waals surface area contributed by atoms with Crippen LogP contribution in [0.2, 0.25) is 0 Å². The maximum absolute atomic E-state index is 13.2. The molecule has 0 aliphatic rings.